The van der Waals surface area contributed by atoms with E-state index in [0.29, 0.717) is 34.9 Å². The second-order valence-corrected chi connectivity index (χ2v) is 14.2. The maximum Gasteiger partial charge on any atom is 0.164 e. The van der Waals surface area contributed by atoms with E-state index in [-0.39, 0.29) is 0 Å². The number of rotatable bonds is 7. The maximum atomic E-state index is 5.12. The van der Waals surface area contributed by atoms with Crippen LogP contribution in [0.5, 0.6) is 0 Å². The fourth-order valence-electron chi connectivity index (χ4n) is 6.90. The molecule has 0 aliphatic carbocycles. The van der Waals surface area contributed by atoms with Gasteiger partial charge in [0.2, 0.25) is 0 Å². The molecular weight excluding hydrogens is 693 g/mol. The van der Waals surface area contributed by atoms with Gasteiger partial charge in [0.05, 0.1) is 0 Å². The number of benzene rings is 7. The summed E-state index contributed by atoms with van der Waals surface area (Å²) in [5, 5.41) is 2.17. The highest BCUT2D eigenvalue weighted by atomic mass is 32.1. The topological polar surface area (TPSA) is 77.3 Å². The number of nitrogens with zero attached hydrogens (tertiary/aromatic N) is 6. The molecule has 3 aromatic heterocycles. The Hall–Kier alpha value is -7.22. The van der Waals surface area contributed by atoms with Crippen LogP contribution in [-0.2, 0) is 0 Å². The van der Waals surface area contributed by atoms with Crippen LogP contribution in [0.3, 0.4) is 0 Å². The maximum absolute atomic E-state index is 5.12. The summed E-state index contributed by atoms with van der Waals surface area (Å²) in [6, 6.07) is 61.8. The highest BCUT2D eigenvalue weighted by Gasteiger charge is 2.19. The fraction of sp³-hybridized carbons (Fsp3) is 0. The van der Waals surface area contributed by atoms with Gasteiger partial charge in [-0.1, -0.05) is 152 Å². The molecule has 10 rings (SSSR count). The first-order chi connectivity index (χ1) is 27.2. The molecule has 0 aliphatic heterocycles. The van der Waals surface area contributed by atoms with Gasteiger partial charge < -0.3 is 0 Å². The van der Waals surface area contributed by atoms with Gasteiger partial charge in [-0.25, -0.2) is 29.9 Å². The van der Waals surface area contributed by atoms with E-state index >= 15 is 0 Å². The summed E-state index contributed by atoms with van der Waals surface area (Å²) < 4.78 is 2.30. The van der Waals surface area contributed by atoms with Gasteiger partial charge in [-0.15, -0.1) is 11.3 Å². The van der Waals surface area contributed by atoms with Crippen molar-refractivity contribution in [3.63, 3.8) is 0 Å². The Balaban J connectivity index is 1.15. The highest BCUT2D eigenvalue weighted by molar-refractivity contribution is 7.26. The lowest BCUT2D eigenvalue weighted by molar-refractivity contribution is 1.07. The second-order valence-electron chi connectivity index (χ2n) is 13.1. The summed E-state index contributed by atoms with van der Waals surface area (Å²) in [6.07, 6.45) is 0. The Bertz CT molecular complexity index is 2910. The van der Waals surface area contributed by atoms with Crippen LogP contribution in [0.15, 0.2) is 182 Å². The molecule has 0 unspecified atom stereocenters. The first kappa shape index (κ1) is 32.4. The molecule has 0 N–H and O–H groups in total. The minimum absolute atomic E-state index is 0.602. The molecule has 0 saturated heterocycles. The van der Waals surface area contributed by atoms with Crippen LogP contribution < -0.4 is 0 Å². The lowest BCUT2D eigenvalue weighted by atomic mass is 10.0. The normalized spacial score (nSPS) is 11.3. The van der Waals surface area contributed by atoms with E-state index in [4.69, 9.17) is 29.9 Å². The number of fused-ring (bicyclic) bond motifs is 3. The van der Waals surface area contributed by atoms with Crippen LogP contribution >= 0.6 is 11.3 Å². The molecular formula is C48H30N6S. The van der Waals surface area contributed by atoms with Gasteiger partial charge in [-0.2, -0.15) is 0 Å². The van der Waals surface area contributed by atoms with E-state index in [1.165, 1.54) is 0 Å². The summed E-state index contributed by atoms with van der Waals surface area (Å²) in [7, 11) is 0. The average Bonchev–Trinajstić information content (AvgIpc) is 3.66. The molecule has 0 bridgehead atoms. The van der Waals surface area contributed by atoms with E-state index in [0.717, 1.165) is 64.7 Å². The molecule has 7 heteroatoms. The van der Waals surface area contributed by atoms with Gasteiger partial charge in [0.15, 0.2) is 34.9 Å². The van der Waals surface area contributed by atoms with Crippen molar-refractivity contribution in [2.75, 3.05) is 0 Å². The molecule has 3 heterocycles. The average molecular weight is 723 g/mol. The van der Waals surface area contributed by atoms with Gasteiger partial charge in [-0.3, -0.25) is 0 Å². The molecule has 0 saturated carbocycles. The summed E-state index contributed by atoms with van der Waals surface area (Å²) in [6.45, 7) is 0. The minimum Gasteiger partial charge on any atom is -0.208 e. The second kappa shape index (κ2) is 14.0. The number of aromatic nitrogens is 6. The van der Waals surface area contributed by atoms with E-state index in [1.807, 2.05) is 97.1 Å². The van der Waals surface area contributed by atoms with E-state index in [9.17, 15) is 0 Å². The molecule has 10 aromatic rings. The zero-order valence-corrected chi connectivity index (χ0v) is 30.2. The standard InChI is InChI=1S/C48H30N6S/c1-5-15-31(16-6-1)35-23-13-24-36(29-35)46-50-43(32-17-7-2-8-18-32)51-47(52-46)37-27-28-40-39(30-37)42-38(25-14-26-41(42)55-40)48-53-44(33-19-9-3-10-20-33)49-45(54-48)34-21-11-4-12-22-34/h1-30H. The van der Waals surface area contributed by atoms with E-state index in [1.54, 1.807) is 11.3 Å². The molecule has 6 nitrogen and oxygen atoms in total. The Morgan fingerprint density at radius 1 is 0.273 bits per heavy atom. The van der Waals surface area contributed by atoms with Crippen molar-refractivity contribution in [3.8, 4) is 79.5 Å². The summed E-state index contributed by atoms with van der Waals surface area (Å²) >= 11 is 1.75. The van der Waals surface area contributed by atoms with Crippen molar-refractivity contribution in [1.29, 1.82) is 0 Å². The number of hydrogen-bond donors (Lipinski definition) is 0. The lowest BCUT2D eigenvalue weighted by Gasteiger charge is -2.10. The van der Waals surface area contributed by atoms with Crippen LogP contribution in [0.4, 0.5) is 0 Å². The summed E-state index contributed by atoms with van der Waals surface area (Å²) in [5.41, 5.74) is 7.79. The Labute approximate surface area is 321 Å². The number of thiophene rings is 1. The Morgan fingerprint density at radius 2 is 0.691 bits per heavy atom. The van der Waals surface area contributed by atoms with Crippen molar-refractivity contribution in [1.82, 2.24) is 29.9 Å². The SMILES string of the molecule is c1ccc(-c2cccc(-c3nc(-c4ccccc4)nc(-c4ccc5sc6cccc(-c7nc(-c8ccccc8)nc(-c8ccccc8)n7)c6c5c4)n3)c2)cc1. The first-order valence-electron chi connectivity index (χ1n) is 18.0. The monoisotopic (exact) mass is 722 g/mol. The third-order valence-corrected chi connectivity index (χ3v) is 10.7. The fourth-order valence-corrected chi connectivity index (χ4v) is 8.01. The van der Waals surface area contributed by atoms with Crippen LogP contribution in [0.25, 0.3) is 99.6 Å². The third kappa shape index (κ3) is 6.33. The lowest BCUT2D eigenvalue weighted by Crippen LogP contribution is -2.00. The predicted molar refractivity (Wildman–Crippen MR) is 224 cm³/mol. The van der Waals surface area contributed by atoms with Crippen LogP contribution in [-0.4, -0.2) is 29.9 Å². The van der Waals surface area contributed by atoms with Gasteiger partial charge in [0.25, 0.3) is 0 Å². The van der Waals surface area contributed by atoms with Crippen LogP contribution in [0.1, 0.15) is 0 Å². The van der Waals surface area contributed by atoms with Gasteiger partial charge >= 0.3 is 0 Å². The van der Waals surface area contributed by atoms with Gasteiger partial charge in [0.1, 0.15) is 0 Å². The van der Waals surface area contributed by atoms with Gasteiger partial charge in [0, 0.05) is 53.6 Å². The van der Waals surface area contributed by atoms with Crippen molar-refractivity contribution in [2.45, 2.75) is 0 Å². The van der Waals surface area contributed by atoms with Crippen molar-refractivity contribution < 1.29 is 0 Å². The zero-order chi connectivity index (χ0) is 36.6. The molecule has 0 amide bonds. The quantitative estimate of drug-likeness (QED) is 0.163. The molecule has 55 heavy (non-hydrogen) atoms. The summed E-state index contributed by atoms with van der Waals surface area (Å²) in [5.74, 6) is 3.72. The van der Waals surface area contributed by atoms with Crippen molar-refractivity contribution >= 4 is 31.5 Å². The van der Waals surface area contributed by atoms with E-state index in [2.05, 4.69) is 84.9 Å². The van der Waals surface area contributed by atoms with Crippen LogP contribution in [0.2, 0.25) is 0 Å². The highest BCUT2D eigenvalue weighted by Crippen LogP contribution is 2.41. The molecule has 258 valence electrons. The molecule has 7 aromatic carbocycles. The molecule has 0 radical (unpaired) electrons. The van der Waals surface area contributed by atoms with Gasteiger partial charge in [-0.05, 0) is 41.5 Å². The summed E-state index contributed by atoms with van der Waals surface area (Å²) in [4.78, 5) is 30.3. The molecule has 0 fully saturated rings. The Morgan fingerprint density at radius 3 is 1.24 bits per heavy atom. The van der Waals surface area contributed by atoms with Crippen LogP contribution in [0, 0.1) is 0 Å². The van der Waals surface area contributed by atoms with Crippen molar-refractivity contribution in [3.05, 3.63) is 182 Å². The zero-order valence-electron chi connectivity index (χ0n) is 29.4. The molecule has 0 atom stereocenters. The predicted octanol–water partition coefficient (Wildman–Crippen LogP) is 12.1. The van der Waals surface area contributed by atoms with Crippen molar-refractivity contribution in [2.24, 2.45) is 0 Å². The molecule has 0 spiro atoms. The molecule has 0 aliphatic rings. The number of hydrogen-bond acceptors (Lipinski definition) is 7. The Kier molecular flexibility index (Phi) is 8.24. The minimum atomic E-state index is 0.602. The third-order valence-electron chi connectivity index (χ3n) is 9.59. The first-order valence-corrected chi connectivity index (χ1v) is 18.9. The largest absolute Gasteiger partial charge is 0.208 e. The smallest absolute Gasteiger partial charge is 0.164 e. The van der Waals surface area contributed by atoms with E-state index < -0.39 is 0 Å².